The maximum absolute atomic E-state index is 13.4. The summed E-state index contributed by atoms with van der Waals surface area (Å²) in [5, 5.41) is 87.7. The monoisotopic (exact) mass is 1430 g/mol. The molecule has 2 saturated heterocycles. The second kappa shape index (κ2) is 70.1. The van der Waals surface area contributed by atoms with E-state index in [1.807, 2.05) is 6.08 Å². The molecule has 12 unspecified atom stereocenters. The zero-order chi connectivity index (χ0) is 73.7. The molecule has 0 aromatic carbocycles. The highest BCUT2D eigenvalue weighted by Gasteiger charge is 2.51. The molecule has 12 atom stereocenters. The van der Waals surface area contributed by atoms with E-state index in [1.54, 1.807) is 6.08 Å². The fourth-order valence-corrected chi connectivity index (χ4v) is 12.8. The van der Waals surface area contributed by atoms with E-state index in [0.717, 1.165) is 103 Å². The lowest BCUT2D eigenvalue weighted by atomic mass is 9.97. The lowest BCUT2D eigenvalue weighted by Gasteiger charge is -2.46. The van der Waals surface area contributed by atoms with E-state index in [0.29, 0.717) is 12.8 Å². The third-order valence-corrected chi connectivity index (χ3v) is 19.3. The summed E-state index contributed by atoms with van der Waals surface area (Å²) in [6.45, 7) is 2.69. The van der Waals surface area contributed by atoms with Crippen molar-refractivity contribution in [1.29, 1.82) is 0 Å². The molecule has 2 aliphatic heterocycles. The van der Waals surface area contributed by atoms with Gasteiger partial charge >= 0.3 is 0 Å². The van der Waals surface area contributed by atoms with Gasteiger partial charge in [0.25, 0.3) is 0 Å². The van der Waals surface area contributed by atoms with Crippen molar-refractivity contribution < 1.29 is 64.6 Å². The molecule has 1 amide bonds. The van der Waals surface area contributed by atoms with Gasteiger partial charge < -0.3 is 65.1 Å². The number of allylic oxidation sites excluding steroid dienone is 21. The number of hydrogen-bond acceptors (Lipinski definition) is 13. The first-order valence-electron chi connectivity index (χ1n) is 41.4. The third-order valence-electron chi connectivity index (χ3n) is 19.3. The first-order chi connectivity index (χ1) is 50.1. The Labute approximate surface area is 621 Å². The van der Waals surface area contributed by atoms with E-state index in [4.69, 9.17) is 18.9 Å². The zero-order valence-corrected chi connectivity index (χ0v) is 64.3. The van der Waals surface area contributed by atoms with Crippen LogP contribution in [-0.4, -0.2) is 140 Å². The number of carbonyl (C=O) groups is 1. The molecule has 0 radical (unpaired) electrons. The predicted molar refractivity (Wildman–Crippen MR) is 424 cm³/mol. The molecular formula is C88H151NO13. The van der Waals surface area contributed by atoms with Crippen LogP contribution < -0.4 is 5.32 Å². The van der Waals surface area contributed by atoms with E-state index in [1.165, 1.54) is 186 Å². The summed E-state index contributed by atoms with van der Waals surface area (Å²) in [5.41, 5.74) is 0. The van der Waals surface area contributed by atoms with E-state index in [2.05, 4.69) is 141 Å². The Morgan fingerprint density at radius 1 is 0.363 bits per heavy atom. The van der Waals surface area contributed by atoms with Gasteiger partial charge in [0.2, 0.25) is 5.91 Å². The maximum atomic E-state index is 13.4. The minimum absolute atomic E-state index is 0.255. The lowest BCUT2D eigenvalue weighted by Crippen LogP contribution is -2.65. The molecule has 0 saturated carbocycles. The minimum atomic E-state index is -1.80. The van der Waals surface area contributed by atoms with Gasteiger partial charge in [-0.3, -0.25) is 4.79 Å². The number of aliphatic hydroxyl groups excluding tert-OH is 8. The SMILES string of the molecule is CC/C=C\C/C=C\C/C=C\C/C=C\C/C=C\C/C=C\C/C=C\C/C=C\CCCCCCCCCCCCCCCCC(=O)NC(COC1OC(CO)C(OC2OC(CO)C(O)C(O)C2O)C(O)C1O)C(O)/C=C/CC/C=C/CC/C=C/CCCCCCCCCCCCCCCCCCCCC. The van der Waals surface area contributed by atoms with Crippen molar-refractivity contribution >= 4 is 5.91 Å². The van der Waals surface area contributed by atoms with Gasteiger partial charge in [0.1, 0.15) is 48.8 Å². The van der Waals surface area contributed by atoms with Crippen LogP contribution in [0.2, 0.25) is 0 Å². The number of amides is 1. The molecule has 2 rings (SSSR count). The Morgan fingerprint density at radius 2 is 0.686 bits per heavy atom. The fourth-order valence-electron chi connectivity index (χ4n) is 12.8. The summed E-state index contributed by atoms with van der Waals surface area (Å²) >= 11 is 0. The summed E-state index contributed by atoms with van der Waals surface area (Å²) in [4.78, 5) is 13.4. The van der Waals surface area contributed by atoms with Gasteiger partial charge in [0.15, 0.2) is 12.6 Å². The van der Waals surface area contributed by atoms with Crippen LogP contribution in [0.15, 0.2) is 134 Å². The van der Waals surface area contributed by atoms with Crippen molar-refractivity contribution in [2.45, 2.75) is 396 Å². The average molecular weight is 1430 g/mol. The molecule has 0 aromatic heterocycles. The van der Waals surface area contributed by atoms with Gasteiger partial charge in [-0.1, -0.05) is 340 Å². The van der Waals surface area contributed by atoms with Crippen LogP contribution in [-0.2, 0) is 23.7 Å². The summed E-state index contributed by atoms with van der Waals surface area (Å²) in [6.07, 6.45) is 88.2. The van der Waals surface area contributed by atoms with Crippen molar-refractivity contribution in [2.24, 2.45) is 0 Å². The zero-order valence-electron chi connectivity index (χ0n) is 64.3. The van der Waals surface area contributed by atoms with Crippen molar-refractivity contribution in [3.05, 3.63) is 134 Å². The Kier molecular flexibility index (Phi) is 64.8. The molecule has 0 aromatic rings. The fraction of sp³-hybridized carbons (Fsp3) is 0.739. The molecule has 0 spiro atoms. The summed E-state index contributed by atoms with van der Waals surface area (Å²) < 4.78 is 22.9. The molecule has 102 heavy (non-hydrogen) atoms. The number of nitrogens with one attached hydrogen (secondary N) is 1. The van der Waals surface area contributed by atoms with Crippen LogP contribution >= 0.6 is 0 Å². The Bertz CT molecular complexity index is 2230. The van der Waals surface area contributed by atoms with Gasteiger partial charge in [-0.05, 0) is 109 Å². The number of hydrogen-bond donors (Lipinski definition) is 9. The summed E-state index contributed by atoms with van der Waals surface area (Å²) in [7, 11) is 0. The topological polar surface area (TPSA) is 228 Å². The number of unbranched alkanes of at least 4 members (excludes halogenated alkanes) is 35. The first-order valence-corrected chi connectivity index (χ1v) is 41.4. The van der Waals surface area contributed by atoms with Gasteiger partial charge in [-0.25, -0.2) is 0 Å². The molecule has 2 aliphatic rings. The van der Waals surface area contributed by atoms with Gasteiger partial charge in [-0.2, -0.15) is 0 Å². The van der Waals surface area contributed by atoms with Crippen LogP contribution in [0, 0.1) is 0 Å². The lowest BCUT2D eigenvalue weighted by molar-refractivity contribution is -0.359. The average Bonchev–Trinajstić information content (AvgIpc) is 0.790. The number of carbonyl (C=O) groups excluding carboxylic acids is 1. The van der Waals surface area contributed by atoms with Gasteiger partial charge in [0.05, 0.1) is 32.0 Å². The Morgan fingerprint density at radius 3 is 1.08 bits per heavy atom. The highest BCUT2D eigenvalue weighted by molar-refractivity contribution is 5.76. The normalized spacial score (nSPS) is 22.4. The van der Waals surface area contributed by atoms with Crippen LogP contribution in [0.25, 0.3) is 0 Å². The van der Waals surface area contributed by atoms with E-state index in [-0.39, 0.29) is 18.9 Å². The molecule has 14 heteroatoms. The maximum Gasteiger partial charge on any atom is 0.220 e. The van der Waals surface area contributed by atoms with Gasteiger partial charge in [0, 0.05) is 6.42 Å². The van der Waals surface area contributed by atoms with Crippen molar-refractivity contribution in [3.8, 4) is 0 Å². The second-order valence-electron chi connectivity index (χ2n) is 28.5. The molecule has 586 valence electrons. The van der Waals surface area contributed by atoms with Crippen LogP contribution in [0.4, 0.5) is 0 Å². The first kappa shape index (κ1) is 94.2. The number of rotatable bonds is 68. The second-order valence-corrected chi connectivity index (χ2v) is 28.5. The molecule has 0 bridgehead atoms. The molecule has 2 heterocycles. The highest BCUT2D eigenvalue weighted by Crippen LogP contribution is 2.30. The third kappa shape index (κ3) is 52.2. The standard InChI is InChI=1S/C88H151NO13/c1-3-5-7-9-11-13-15-17-19-21-23-25-27-29-31-33-34-35-36-37-38-39-40-41-42-44-46-48-50-52-54-56-58-60-62-64-66-68-70-72-80(93)89-76(75-99-87-85(98)83(96)86(79(74-91)101-87)102-88-84(97)82(95)81(94)78(73-90)100-88)77(92)71-69-67-65-63-61-59-57-55-53-51-49-47-45-43-32-30-28-26-24-22-20-18-16-14-12-10-8-6-4-2/h5,7,11,13,17,19,23,25,29,31,34-35,37-38,40-41,53,55,61,63,69,71,76-79,81-88,90-92,94-98H,3-4,6,8-10,12,14-16,18,20-22,24,26-28,30,32-33,36,39,42-52,54,56-60,62,64-68,70,72-75H2,1-2H3,(H,89,93)/b7-5-,13-11-,19-17-,25-23-,31-29-,35-34-,38-37-,41-40-,55-53+,63-61+,71-69+. The van der Waals surface area contributed by atoms with Crippen molar-refractivity contribution in [2.75, 3.05) is 19.8 Å². The molecule has 2 fully saturated rings. The summed E-state index contributed by atoms with van der Waals surface area (Å²) in [5.74, 6) is -0.255. The van der Waals surface area contributed by atoms with E-state index < -0.39 is 86.8 Å². The minimum Gasteiger partial charge on any atom is -0.394 e. The van der Waals surface area contributed by atoms with Crippen LogP contribution in [0.3, 0.4) is 0 Å². The Hall–Kier alpha value is -3.87. The van der Waals surface area contributed by atoms with Crippen LogP contribution in [0.1, 0.15) is 322 Å². The van der Waals surface area contributed by atoms with Crippen molar-refractivity contribution in [3.63, 3.8) is 0 Å². The van der Waals surface area contributed by atoms with E-state index in [9.17, 15) is 45.6 Å². The molecule has 0 aliphatic carbocycles. The Balaban J connectivity index is 1.63. The number of aliphatic hydroxyl groups is 8. The molecule has 14 nitrogen and oxygen atoms in total. The quantitative estimate of drug-likeness (QED) is 0.0204. The predicted octanol–water partition coefficient (Wildman–Crippen LogP) is 19.4. The van der Waals surface area contributed by atoms with E-state index >= 15 is 0 Å². The number of ether oxygens (including phenoxy) is 4. The molecular weight excluding hydrogens is 1280 g/mol. The highest BCUT2D eigenvalue weighted by atomic mass is 16.7. The largest absolute Gasteiger partial charge is 0.394 e. The molecule has 9 N–H and O–H groups in total. The van der Waals surface area contributed by atoms with Gasteiger partial charge in [-0.15, -0.1) is 0 Å². The van der Waals surface area contributed by atoms with Crippen molar-refractivity contribution in [1.82, 2.24) is 5.32 Å². The summed E-state index contributed by atoms with van der Waals surface area (Å²) in [6, 6.07) is -0.949. The smallest absolute Gasteiger partial charge is 0.220 e. The van der Waals surface area contributed by atoms with Crippen LogP contribution in [0.5, 0.6) is 0 Å².